The lowest BCUT2D eigenvalue weighted by Gasteiger charge is -2.08. The molecule has 0 amide bonds. The van der Waals surface area contributed by atoms with E-state index in [2.05, 4.69) is 10.6 Å². The van der Waals surface area contributed by atoms with Crippen molar-refractivity contribution in [3.63, 3.8) is 0 Å². The molecular weight excluding hydrogens is 516 g/mol. The monoisotopic (exact) mass is 540 g/mol. The summed E-state index contributed by atoms with van der Waals surface area (Å²) in [4.78, 5) is 19.2. The molecule has 0 N–H and O–H groups in total. The first kappa shape index (κ1) is 24.3. The Morgan fingerprint density at radius 1 is 0.974 bits per heavy atom. The highest BCUT2D eigenvalue weighted by Crippen LogP contribution is 2.29. The maximum absolute atomic E-state index is 13.5. The van der Waals surface area contributed by atoms with Gasteiger partial charge in [0, 0.05) is 29.4 Å². The molecule has 0 aliphatic carbocycles. The fourth-order valence-corrected chi connectivity index (χ4v) is 5.66. The molecule has 3 heterocycles. The van der Waals surface area contributed by atoms with Gasteiger partial charge in [-0.25, -0.2) is 9.67 Å². The molecule has 3 aromatic heterocycles. The molecule has 6 rings (SSSR count). The third kappa shape index (κ3) is 4.44. The number of aryl methyl sites for hydroxylation is 1. The van der Waals surface area contributed by atoms with Crippen molar-refractivity contribution in [1.29, 1.82) is 0 Å². The van der Waals surface area contributed by atoms with Crippen LogP contribution in [0, 0.1) is 6.92 Å². The first-order valence-electron chi connectivity index (χ1n) is 12.3. The fourth-order valence-electron chi connectivity index (χ4n) is 4.61. The highest BCUT2D eigenvalue weighted by atomic mass is 35.5. The summed E-state index contributed by atoms with van der Waals surface area (Å²) < 4.78 is 11.8. The van der Waals surface area contributed by atoms with E-state index in [-0.39, 0.29) is 5.56 Å². The Morgan fingerprint density at radius 3 is 2.47 bits per heavy atom. The SMILES string of the molecule is Cc1c(N=c2scc(-c3cc4ccccc4o3)n2CCc2ccc(Cl)cc2)c(=O)n(-c2ccccc2)n1C. The summed E-state index contributed by atoms with van der Waals surface area (Å²) in [6.07, 6.45) is 0.774. The van der Waals surface area contributed by atoms with E-state index in [1.54, 1.807) is 4.68 Å². The topological polar surface area (TPSA) is 57.4 Å². The summed E-state index contributed by atoms with van der Waals surface area (Å²) in [5, 5.41) is 3.80. The number of fused-ring (bicyclic) bond motifs is 1. The van der Waals surface area contributed by atoms with Gasteiger partial charge in [0.15, 0.2) is 16.2 Å². The molecule has 0 saturated carbocycles. The second kappa shape index (κ2) is 10.0. The van der Waals surface area contributed by atoms with Crippen LogP contribution in [0.1, 0.15) is 11.3 Å². The van der Waals surface area contributed by atoms with Crippen LogP contribution in [0.3, 0.4) is 0 Å². The lowest BCUT2D eigenvalue weighted by molar-refractivity contribution is 0.608. The minimum atomic E-state index is -0.154. The van der Waals surface area contributed by atoms with Gasteiger partial charge in [-0.15, -0.1) is 11.3 Å². The number of furan rings is 1. The Morgan fingerprint density at radius 2 is 1.71 bits per heavy atom. The van der Waals surface area contributed by atoms with E-state index in [1.165, 1.54) is 11.3 Å². The fraction of sp³-hybridized carbons (Fsp3) is 0.133. The van der Waals surface area contributed by atoms with E-state index < -0.39 is 0 Å². The number of benzene rings is 3. The van der Waals surface area contributed by atoms with Gasteiger partial charge < -0.3 is 8.98 Å². The number of hydrogen-bond donors (Lipinski definition) is 0. The molecule has 0 saturated heterocycles. The third-order valence-electron chi connectivity index (χ3n) is 6.74. The van der Waals surface area contributed by atoms with E-state index in [1.807, 2.05) is 103 Å². The average molecular weight is 541 g/mol. The number of halogens is 1. The number of nitrogens with zero attached hydrogens (tertiary/aromatic N) is 4. The van der Waals surface area contributed by atoms with Gasteiger partial charge in [0.25, 0.3) is 5.56 Å². The molecule has 0 bridgehead atoms. The van der Waals surface area contributed by atoms with E-state index in [0.29, 0.717) is 17.3 Å². The predicted molar refractivity (Wildman–Crippen MR) is 154 cm³/mol. The quantitative estimate of drug-likeness (QED) is 0.231. The van der Waals surface area contributed by atoms with Crippen molar-refractivity contribution in [3.05, 3.63) is 122 Å². The van der Waals surface area contributed by atoms with Crippen LogP contribution in [0.2, 0.25) is 5.02 Å². The molecule has 0 fully saturated rings. The van der Waals surface area contributed by atoms with Crippen LogP contribution in [0.5, 0.6) is 0 Å². The molecule has 0 aliphatic heterocycles. The number of para-hydroxylation sites is 2. The van der Waals surface area contributed by atoms with E-state index in [4.69, 9.17) is 21.0 Å². The van der Waals surface area contributed by atoms with Crippen LogP contribution in [-0.4, -0.2) is 13.9 Å². The van der Waals surface area contributed by atoms with Crippen LogP contribution < -0.4 is 10.4 Å². The number of aromatic nitrogens is 3. The van der Waals surface area contributed by atoms with Gasteiger partial charge in [0.2, 0.25) is 0 Å². The number of thiazole rings is 1. The standard InChI is InChI=1S/C30H25ClN4O2S/c1-20-28(29(36)35(33(20)2)24-9-4-3-5-10-24)32-30-34(17-16-21-12-14-23(31)15-13-21)25(19-38-30)27-18-22-8-6-7-11-26(22)37-27/h3-15,18-19H,16-17H2,1-2H3. The summed E-state index contributed by atoms with van der Waals surface area (Å²) >= 11 is 7.59. The van der Waals surface area contributed by atoms with Crippen molar-refractivity contribution >= 4 is 39.6 Å². The molecule has 0 aliphatic rings. The van der Waals surface area contributed by atoms with E-state index in [9.17, 15) is 4.79 Å². The van der Waals surface area contributed by atoms with Crippen LogP contribution in [0.15, 0.2) is 105 Å². The normalized spacial score (nSPS) is 12.0. The van der Waals surface area contributed by atoms with Gasteiger partial charge in [0.05, 0.1) is 17.1 Å². The Kier molecular flexibility index (Phi) is 6.39. The summed E-state index contributed by atoms with van der Waals surface area (Å²) in [5.74, 6) is 0.770. The summed E-state index contributed by atoms with van der Waals surface area (Å²) in [6.45, 7) is 2.58. The first-order chi connectivity index (χ1) is 18.5. The largest absolute Gasteiger partial charge is 0.454 e. The lowest BCUT2D eigenvalue weighted by atomic mass is 10.1. The Hall–Kier alpha value is -4.07. The minimum absolute atomic E-state index is 0.154. The number of rotatable bonds is 6. The molecule has 6 nitrogen and oxygen atoms in total. The van der Waals surface area contributed by atoms with Gasteiger partial charge in [-0.2, -0.15) is 0 Å². The second-order valence-corrected chi connectivity index (χ2v) is 10.4. The first-order valence-corrected chi connectivity index (χ1v) is 13.6. The maximum Gasteiger partial charge on any atom is 0.297 e. The Balaban J connectivity index is 1.49. The summed E-state index contributed by atoms with van der Waals surface area (Å²) in [7, 11) is 1.88. The molecule has 0 atom stereocenters. The van der Waals surface area contributed by atoms with Crippen LogP contribution in [0.25, 0.3) is 28.1 Å². The summed E-state index contributed by atoms with van der Waals surface area (Å²) in [5.41, 5.74) is 4.79. The zero-order valence-corrected chi connectivity index (χ0v) is 22.5. The van der Waals surface area contributed by atoms with Gasteiger partial charge >= 0.3 is 0 Å². The molecule has 0 spiro atoms. The van der Waals surface area contributed by atoms with Gasteiger partial charge in [0.1, 0.15) is 5.58 Å². The van der Waals surface area contributed by atoms with Crippen molar-refractivity contribution in [2.75, 3.05) is 0 Å². The van der Waals surface area contributed by atoms with Gasteiger partial charge in [-0.05, 0) is 55.3 Å². The van der Waals surface area contributed by atoms with Crippen LogP contribution in [-0.2, 0) is 20.0 Å². The van der Waals surface area contributed by atoms with Crippen LogP contribution >= 0.6 is 22.9 Å². The predicted octanol–water partition coefficient (Wildman–Crippen LogP) is 6.89. The molecule has 0 unspecified atom stereocenters. The van der Waals surface area contributed by atoms with Crippen molar-refractivity contribution in [3.8, 4) is 17.1 Å². The highest BCUT2D eigenvalue weighted by molar-refractivity contribution is 7.07. The van der Waals surface area contributed by atoms with Crippen molar-refractivity contribution in [2.45, 2.75) is 19.9 Å². The van der Waals surface area contributed by atoms with Crippen molar-refractivity contribution in [1.82, 2.24) is 13.9 Å². The molecule has 3 aromatic carbocycles. The van der Waals surface area contributed by atoms with Crippen LogP contribution in [0.4, 0.5) is 5.69 Å². The minimum Gasteiger partial charge on any atom is -0.454 e. The zero-order valence-electron chi connectivity index (χ0n) is 21.0. The number of hydrogen-bond acceptors (Lipinski definition) is 4. The highest BCUT2D eigenvalue weighted by Gasteiger charge is 2.18. The molecular formula is C30H25ClN4O2S. The smallest absolute Gasteiger partial charge is 0.297 e. The molecule has 6 aromatic rings. The Bertz CT molecular complexity index is 1840. The third-order valence-corrected chi connectivity index (χ3v) is 7.86. The molecule has 0 radical (unpaired) electrons. The molecule has 8 heteroatoms. The van der Waals surface area contributed by atoms with Crippen molar-refractivity contribution < 1.29 is 4.42 Å². The summed E-state index contributed by atoms with van der Waals surface area (Å²) in [6, 6.07) is 27.5. The van der Waals surface area contributed by atoms with Crippen molar-refractivity contribution in [2.24, 2.45) is 12.0 Å². The Labute approximate surface area is 228 Å². The maximum atomic E-state index is 13.5. The molecule has 38 heavy (non-hydrogen) atoms. The molecule has 190 valence electrons. The average Bonchev–Trinajstić information content (AvgIpc) is 3.60. The van der Waals surface area contributed by atoms with Gasteiger partial charge in [-0.3, -0.25) is 9.48 Å². The van der Waals surface area contributed by atoms with Gasteiger partial charge in [-0.1, -0.05) is 60.1 Å². The zero-order chi connectivity index (χ0) is 26.2. The lowest BCUT2D eigenvalue weighted by Crippen LogP contribution is -2.20. The second-order valence-electron chi connectivity index (χ2n) is 9.10. The van der Waals surface area contributed by atoms with E-state index in [0.717, 1.165) is 50.6 Å². The van der Waals surface area contributed by atoms with E-state index >= 15 is 0 Å².